The Labute approximate surface area is 185 Å². The van der Waals surface area contributed by atoms with Crippen molar-refractivity contribution < 1.29 is 19.0 Å². The molecular weight excluding hydrogens is 417 g/mol. The second-order valence-corrected chi connectivity index (χ2v) is 7.10. The van der Waals surface area contributed by atoms with Gasteiger partial charge in [0.25, 0.3) is 0 Å². The molecule has 166 valence electrons. The van der Waals surface area contributed by atoms with E-state index in [4.69, 9.17) is 14.2 Å². The first-order valence-electron chi connectivity index (χ1n) is 9.73. The molecule has 0 radical (unpaired) electrons. The van der Waals surface area contributed by atoms with E-state index < -0.39 is 0 Å². The second-order valence-electron chi connectivity index (χ2n) is 7.10. The van der Waals surface area contributed by atoms with Gasteiger partial charge in [0.15, 0.2) is 0 Å². The highest BCUT2D eigenvalue weighted by molar-refractivity contribution is 5.85. The van der Waals surface area contributed by atoms with Crippen LogP contribution in [-0.4, -0.2) is 81.9 Å². The smallest absolute Gasteiger partial charge is 0.236 e. The van der Waals surface area contributed by atoms with Gasteiger partial charge in [0.2, 0.25) is 5.91 Å². The van der Waals surface area contributed by atoms with Gasteiger partial charge in [-0.15, -0.1) is 24.8 Å². The highest BCUT2D eigenvalue weighted by Gasteiger charge is 2.22. The maximum Gasteiger partial charge on any atom is 0.236 e. The Hall–Kier alpha value is -1.25. The van der Waals surface area contributed by atoms with Crippen LogP contribution >= 0.6 is 24.8 Å². The van der Waals surface area contributed by atoms with Crippen LogP contribution in [0.15, 0.2) is 18.2 Å². The van der Waals surface area contributed by atoms with E-state index >= 15 is 0 Å². The van der Waals surface area contributed by atoms with Crippen molar-refractivity contribution in [3.05, 3.63) is 23.8 Å². The number of nitrogens with zero attached hydrogens (tertiary/aromatic N) is 2. The molecular formula is C20H33Cl2N3O4. The van der Waals surface area contributed by atoms with Crippen molar-refractivity contribution in [2.75, 3.05) is 60.1 Å². The molecule has 0 aliphatic carbocycles. The van der Waals surface area contributed by atoms with Gasteiger partial charge in [0, 0.05) is 51.4 Å². The van der Waals surface area contributed by atoms with E-state index in [0.29, 0.717) is 6.54 Å². The number of rotatable bonds is 8. The highest BCUT2D eigenvalue weighted by Crippen LogP contribution is 2.25. The molecule has 3 rings (SSSR count). The summed E-state index contributed by atoms with van der Waals surface area (Å²) in [6, 6.07) is 5.86. The Morgan fingerprint density at radius 1 is 1.17 bits per heavy atom. The van der Waals surface area contributed by atoms with Gasteiger partial charge < -0.3 is 24.4 Å². The third-order valence-electron chi connectivity index (χ3n) is 5.28. The van der Waals surface area contributed by atoms with Crippen LogP contribution in [0.25, 0.3) is 0 Å². The first kappa shape index (κ1) is 25.8. The van der Waals surface area contributed by atoms with E-state index in [1.165, 1.54) is 0 Å². The maximum atomic E-state index is 12.4. The summed E-state index contributed by atoms with van der Waals surface area (Å²) in [5.41, 5.74) is 1.11. The zero-order valence-corrected chi connectivity index (χ0v) is 18.9. The first-order valence-corrected chi connectivity index (χ1v) is 9.73. The van der Waals surface area contributed by atoms with E-state index in [-0.39, 0.29) is 36.8 Å². The molecule has 0 saturated carbocycles. The summed E-state index contributed by atoms with van der Waals surface area (Å²) in [5, 5.41) is 3.24. The topological polar surface area (TPSA) is 63.3 Å². The summed E-state index contributed by atoms with van der Waals surface area (Å²) >= 11 is 0. The van der Waals surface area contributed by atoms with Crippen molar-refractivity contribution in [1.82, 2.24) is 15.1 Å². The molecule has 7 nitrogen and oxygen atoms in total. The fourth-order valence-corrected chi connectivity index (χ4v) is 3.66. The molecule has 0 aromatic heterocycles. The number of piperazine rings is 1. The predicted molar refractivity (Wildman–Crippen MR) is 118 cm³/mol. The molecule has 9 heteroatoms. The monoisotopic (exact) mass is 449 g/mol. The molecule has 1 aromatic carbocycles. The minimum atomic E-state index is 0. The molecule has 2 fully saturated rings. The Kier molecular flexibility index (Phi) is 11.7. The summed E-state index contributed by atoms with van der Waals surface area (Å²) in [5.74, 6) is 1.87. The lowest BCUT2D eigenvalue weighted by molar-refractivity contribution is -0.132. The van der Waals surface area contributed by atoms with Crippen LogP contribution in [0, 0.1) is 0 Å². The second kappa shape index (κ2) is 13.1. The van der Waals surface area contributed by atoms with Crippen molar-refractivity contribution in [3.8, 4) is 11.5 Å². The number of benzene rings is 1. The van der Waals surface area contributed by atoms with Crippen LogP contribution in [-0.2, 0) is 16.1 Å². The summed E-state index contributed by atoms with van der Waals surface area (Å²) in [6.45, 7) is 6.03. The van der Waals surface area contributed by atoms with E-state index in [1.807, 2.05) is 23.1 Å². The molecule has 1 atom stereocenters. The Morgan fingerprint density at radius 2 is 1.93 bits per heavy atom. The predicted octanol–water partition coefficient (Wildman–Crippen LogP) is 1.96. The number of hydrogen-bond donors (Lipinski definition) is 1. The van der Waals surface area contributed by atoms with E-state index in [9.17, 15) is 4.79 Å². The number of nitrogens with one attached hydrogen (secondary N) is 1. The molecule has 29 heavy (non-hydrogen) atoms. The third-order valence-corrected chi connectivity index (χ3v) is 5.28. The van der Waals surface area contributed by atoms with Gasteiger partial charge in [-0.05, 0) is 31.0 Å². The van der Waals surface area contributed by atoms with Crippen molar-refractivity contribution in [2.24, 2.45) is 0 Å². The third kappa shape index (κ3) is 7.50. The van der Waals surface area contributed by atoms with Gasteiger partial charge in [-0.3, -0.25) is 9.69 Å². The lowest BCUT2D eigenvalue weighted by atomic mass is 10.1. The van der Waals surface area contributed by atoms with E-state index in [2.05, 4.69) is 10.2 Å². The average molecular weight is 450 g/mol. The number of carbonyl (C=O) groups is 1. The Morgan fingerprint density at radius 3 is 2.55 bits per heavy atom. The van der Waals surface area contributed by atoms with Gasteiger partial charge in [-0.1, -0.05) is 0 Å². The Balaban J connectivity index is 0.00000210. The number of ether oxygens (including phenoxy) is 3. The van der Waals surface area contributed by atoms with Gasteiger partial charge in [0.1, 0.15) is 11.5 Å². The first-order chi connectivity index (χ1) is 13.2. The summed E-state index contributed by atoms with van der Waals surface area (Å²) in [7, 11) is 3.36. The number of carbonyl (C=O) groups excluding carboxylic acids is 1. The van der Waals surface area contributed by atoms with E-state index in [1.54, 1.807) is 14.2 Å². The van der Waals surface area contributed by atoms with Crippen molar-refractivity contribution >= 4 is 30.7 Å². The van der Waals surface area contributed by atoms with Crippen LogP contribution in [0.3, 0.4) is 0 Å². The molecule has 1 amide bonds. The molecule has 0 spiro atoms. The van der Waals surface area contributed by atoms with Crippen molar-refractivity contribution in [1.29, 1.82) is 0 Å². The number of methoxy groups -OCH3 is 2. The largest absolute Gasteiger partial charge is 0.497 e. The van der Waals surface area contributed by atoms with Gasteiger partial charge in [-0.25, -0.2) is 0 Å². The summed E-state index contributed by atoms with van der Waals surface area (Å²) < 4.78 is 16.4. The number of halogens is 2. The van der Waals surface area contributed by atoms with Crippen molar-refractivity contribution in [2.45, 2.75) is 25.5 Å². The van der Waals surface area contributed by atoms with Crippen LogP contribution in [0.4, 0.5) is 0 Å². The van der Waals surface area contributed by atoms with Crippen LogP contribution in [0.1, 0.15) is 18.4 Å². The fraction of sp³-hybridized carbons (Fsp3) is 0.650. The van der Waals surface area contributed by atoms with Crippen LogP contribution in [0.5, 0.6) is 11.5 Å². The summed E-state index contributed by atoms with van der Waals surface area (Å²) in [6.07, 6.45) is 2.49. The zero-order chi connectivity index (χ0) is 19.1. The summed E-state index contributed by atoms with van der Waals surface area (Å²) in [4.78, 5) is 16.7. The highest BCUT2D eigenvalue weighted by atomic mass is 35.5. The SMILES string of the molecule is COc1ccc(OC)c(CN2CCN(C(=O)CNCC3CCCO3)CC2)c1.Cl.Cl. The average Bonchev–Trinajstić information content (AvgIpc) is 3.22. The lowest BCUT2D eigenvalue weighted by Gasteiger charge is -2.35. The molecule has 1 N–H and O–H groups in total. The van der Waals surface area contributed by atoms with Gasteiger partial charge >= 0.3 is 0 Å². The van der Waals surface area contributed by atoms with Crippen LogP contribution in [0.2, 0.25) is 0 Å². The molecule has 2 aliphatic heterocycles. The minimum absolute atomic E-state index is 0. The normalized spacial score (nSPS) is 19.2. The Bertz CT molecular complexity index is 622. The number of hydrogen-bond acceptors (Lipinski definition) is 6. The molecule has 2 saturated heterocycles. The molecule has 1 unspecified atom stereocenters. The van der Waals surface area contributed by atoms with E-state index in [0.717, 1.165) is 75.8 Å². The zero-order valence-electron chi connectivity index (χ0n) is 17.2. The molecule has 1 aromatic rings. The van der Waals surface area contributed by atoms with Gasteiger partial charge in [-0.2, -0.15) is 0 Å². The fourth-order valence-electron chi connectivity index (χ4n) is 3.66. The maximum absolute atomic E-state index is 12.4. The minimum Gasteiger partial charge on any atom is -0.497 e. The number of amides is 1. The van der Waals surface area contributed by atoms with Crippen LogP contribution < -0.4 is 14.8 Å². The molecule has 0 bridgehead atoms. The standard InChI is InChI=1S/C20H31N3O4.2ClH/c1-25-17-5-6-19(26-2)16(12-17)15-22-7-9-23(10-8-22)20(24)14-21-13-18-4-3-11-27-18;;/h5-6,12,18,21H,3-4,7-11,13-15H2,1-2H3;2*1H. The van der Waals surface area contributed by atoms with Gasteiger partial charge in [0.05, 0.1) is 26.9 Å². The molecule has 2 aliphatic rings. The quantitative estimate of drug-likeness (QED) is 0.654. The lowest BCUT2D eigenvalue weighted by Crippen LogP contribution is -2.50. The molecule has 2 heterocycles. The van der Waals surface area contributed by atoms with Crippen molar-refractivity contribution in [3.63, 3.8) is 0 Å².